The summed E-state index contributed by atoms with van der Waals surface area (Å²) < 4.78 is 12.8. The van der Waals surface area contributed by atoms with E-state index in [2.05, 4.69) is 20.8 Å². The standard InChI is InChI=1S/C17H28O4S/c1-5-22-14-11(3)13-7-6-10(2)12-8-9-16(4)19-15(18-14)17(12,13)21-20-16/h10-15H,5-9H2,1-4H3. The van der Waals surface area contributed by atoms with Gasteiger partial charge < -0.3 is 9.47 Å². The van der Waals surface area contributed by atoms with E-state index in [9.17, 15) is 0 Å². The van der Waals surface area contributed by atoms with Crippen LogP contribution in [0.15, 0.2) is 0 Å². The zero-order valence-electron chi connectivity index (χ0n) is 14.0. The molecular formula is C17H28O4S. The van der Waals surface area contributed by atoms with Crippen molar-refractivity contribution >= 4 is 11.8 Å². The molecule has 5 fully saturated rings. The SMILES string of the molecule is CCSC1OC2OC3(C)CCC4C(C)CCC(C1C)C24OO3. The molecule has 2 bridgehead atoms. The topological polar surface area (TPSA) is 36.9 Å². The van der Waals surface area contributed by atoms with Crippen molar-refractivity contribution in [2.45, 2.75) is 76.5 Å². The van der Waals surface area contributed by atoms with Crippen molar-refractivity contribution in [3.63, 3.8) is 0 Å². The molecule has 5 heteroatoms. The molecule has 5 rings (SSSR count). The van der Waals surface area contributed by atoms with Gasteiger partial charge in [-0.1, -0.05) is 20.8 Å². The molecule has 0 amide bonds. The molecule has 4 nitrogen and oxygen atoms in total. The number of hydrogen-bond donors (Lipinski definition) is 0. The molecule has 22 heavy (non-hydrogen) atoms. The highest BCUT2D eigenvalue weighted by Gasteiger charge is 2.69. The van der Waals surface area contributed by atoms with Crippen molar-refractivity contribution in [1.29, 1.82) is 0 Å². The maximum Gasteiger partial charge on any atom is 0.201 e. The molecule has 1 saturated carbocycles. The van der Waals surface area contributed by atoms with Crippen molar-refractivity contribution in [2.75, 3.05) is 5.75 Å². The largest absolute Gasteiger partial charge is 0.335 e. The second-order valence-electron chi connectivity index (χ2n) is 7.73. The van der Waals surface area contributed by atoms with Crippen LogP contribution >= 0.6 is 11.8 Å². The van der Waals surface area contributed by atoms with Gasteiger partial charge in [0.05, 0.1) is 0 Å². The molecule has 4 heterocycles. The molecule has 0 aromatic heterocycles. The van der Waals surface area contributed by atoms with Gasteiger partial charge in [-0.15, -0.1) is 11.8 Å². The fourth-order valence-corrected chi connectivity index (χ4v) is 6.23. The quantitative estimate of drug-likeness (QED) is 0.718. The lowest BCUT2D eigenvalue weighted by atomic mass is 9.58. The summed E-state index contributed by atoms with van der Waals surface area (Å²) in [4.78, 5) is 11.9. The van der Waals surface area contributed by atoms with Gasteiger partial charge in [-0.25, -0.2) is 9.78 Å². The van der Waals surface area contributed by atoms with E-state index in [-0.39, 0.29) is 11.7 Å². The Labute approximate surface area is 137 Å². The highest BCUT2D eigenvalue weighted by atomic mass is 32.2. The van der Waals surface area contributed by atoms with E-state index in [1.165, 1.54) is 12.8 Å². The van der Waals surface area contributed by atoms with Crippen molar-refractivity contribution in [1.82, 2.24) is 0 Å². The van der Waals surface area contributed by atoms with Crippen LogP contribution in [-0.2, 0) is 19.2 Å². The first-order valence-corrected chi connectivity index (χ1v) is 9.87. The predicted octanol–water partition coefficient (Wildman–Crippen LogP) is 3.95. The monoisotopic (exact) mass is 328 g/mol. The summed E-state index contributed by atoms with van der Waals surface area (Å²) in [6, 6.07) is 0. The fourth-order valence-electron chi connectivity index (χ4n) is 5.23. The van der Waals surface area contributed by atoms with Gasteiger partial charge in [0.2, 0.25) is 5.79 Å². The highest BCUT2D eigenvalue weighted by Crippen LogP contribution is 2.61. The Morgan fingerprint density at radius 1 is 1.09 bits per heavy atom. The zero-order valence-corrected chi connectivity index (χ0v) is 14.9. The van der Waals surface area contributed by atoms with Crippen LogP contribution in [0, 0.1) is 23.7 Å². The van der Waals surface area contributed by atoms with Crippen LogP contribution in [0.4, 0.5) is 0 Å². The Morgan fingerprint density at radius 2 is 1.91 bits per heavy atom. The minimum Gasteiger partial charge on any atom is -0.335 e. The molecular weight excluding hydrogens is 300 g/mol. The summed E-state index contributed by atoms with van der Waals surface area (Å²) in [6.07, 6.45) is 4.16. The third kappa shape index (κ3) is 2.05. The summed E-state index contributed by atoms with van der Waals surface area (Å²) in [6.45, 7) is 8.85. The van der Waals surface area contributed by atoms with Gasteiger partial charge in [0.25, 0.3) is 0 Å². The Morgan fingerprint density at radius 3 is 2.68 bits per heavy atom. The summed E-state index contributed by atoms with van der Waals surface area (Å²) in [5, 5.41) is 0. The van der Waals surface area contributed by atoms with E-state index in [1.807, 2.05) is 18.7 Å². The Hall–Kier alpha value is 0.190. The third-order valence-corrected chi connectivity index (χ3v) is 7.63. The van der Waals surface area contributed by atoms with Crippen molar-refractivity contribution in [2.24, 2.45) is 23.7 Å². The van der Waals surface area contributed by atoms with Crippen LogP contribution in [0.2, 0.25) is 0 Å². The van der Waals surface area contributed by atoms with Gasteiger partial charge >= 0.3 is 0 Å². The summed E-state index contributed by atoms with van der Waals surface area (Å²) in [5.41, 5.74) is -0.205. The molecule has 4 saturated heterocycles. The molecule has 0 aromatic carbocycles. The van der Waals surface area contributed by atoms with Gasteiger partial charge in [-0.3, -0.25) is 0 Å². The number of hydrogen-bond acceptors (Lipinski definition) is 5. The van der Waals surface area contributed by atoms with Gasteiger partial charge in [-0.2, -0.15) is 0 Å². The molecule has 126 valence electrons. The summed E-state index contributed by atoms with van der Waals surface area (Å²) >= 11 is 1.89. The molecule has 1 spiro atoms. The van der Waals surface area contributed by atoms with Gasteiger partial charge in [0.15, 0.2) is 11.9 Å². The van der Waals surface area contributed by atoms with Gasteiger partial charge in [-0.05, 0) is 49.7 Å². The maximum atomic E-state index is 6.43. The molecule has 1 aliphatic carbocycles. The minimum absolute atomic E-state index is 0.200. The second-order valence-corrected chi connectivity index (χ2v) is 9.10. The Kier molecular flexibility index (Phi) is 3.82. The van der Waals surface area contributed by atoms with E-state index < -0.39 is 11.4 Å². The Balaban J connectivity index is 1.75. The lowest BCUT2D eigenvalue weighted by Gasteiger charge is -2.60. The molecule has 0 aromatic rings. The van der Waals surface area contributed by atoms with Crippen molar-refractivity contribution in [3.8, 4) is 0 Å². The first kappa shape index (κ1) is 15.7. The second kappa shape index (κ2) is 5.35. The first-order valence-electron chi connectivity index (χ1n) is 8.82. The van der Waals surface area contributed by atoms with Crippen LogP contribution in [0.1, 0.15) is 53.4 Å². The lowest BCUT2D eigenvalue weighted by Crippen LogP contribution is -2.70. The highest BCUT2D eigenvalue weighted by molar-refractivity contribution is 7.99. The maximum absolute atomic E-state index is 6.43. The number of ether oxygens (including phenoxy) is 2. The normalized spacial score (nSPS) is 57.3. The average Bonchev–Trinajstić information content (AvgIpc) is 2.71. The third-order valence-electron chi connectivity index (χ3n) is 6.43. The van der Waals surface area contributed by atoms with E-state index >= 15 is 0 Å². The predicted molar refractivity (Wildman–Crippen MR) is 85.0 cm³/mol. The fraction of sp³-hybridized carbons (Fsp3) is 1.00. The van der Waals surface area contributed by atoms with E-state index in [4.69, 9.17) is 19.2 Å². The molecule has 4 aliphatic heterocycles. The summed E-state index contributed by atoms with van der Waals surface area (Å²) in [5.74, 6) is 2.44. The van der Waals surface area contributed by atoms with Crippen LogP contribution in [0.25, 0.3) is 0 Å². The number of thioether (sulfide) groups is 1. The number of fused-ring (bicyclic) bond motifs is 2. The van der Waals surface area contributed by atoms with Crippen LogP contribution in [-0.4, -0.2) is 28.9 Å². The average molecular weight is 328 g/mol. The minimum atomic E-state index is -0.653. The Bertz CT molecular complexity index is 446. The lowest BCUT2D eigenvalue weighted by molar-refractivity contribution is -0.568. The first-order chi connectivity index (χ1) is 10.5. The van der Waals surface area contributed by atoms with Crippen molar-refractivity contribution in [3.05, 3.63) is 0 Å². The smallest absolute Gasteiger partial charge is 0.201 e. The number of rotatable bonds is 2. The van der Waals surface area contributed by atoms with E-state index in [0.29, 0.717) is 23.7 Å². The van der Waals surface area contributed by atoms with Crippen molar-refractivity contribution < 1.29 is 19.2 Å². The molecule has 8 atom stereocenters. The van der Waals surface area contributed by atoms with E-state index in [0.717, 1.165) is 18.6 Å². The van der Waals surface area contributed by atoms with Crippen LogP contribution in [0.3, 0.4) is 0 Å². The van der Waals surface area contributed by atoms with E-state index in [1.54, 1.807) is 0 Å². The van der Waals surface area contributed by atoms with Crippen LogP contribution in [0.5, 0.6) is 0 Å². The van der Waals surface area contributed by atoms with Gasteiger partial charge in [0.1, 0.15) is 5.44 Å². The summed E-state index contributed by atoms with van der Waals surface area (Å²) in [7, 11) is 0. The molecule has 0 radical (unpaired) electrons. The van der Waals surface area contributed by atoms with Gasteiger partial charge in [0, 0.05) is 12.3 Å². The molecule has 0 N–H and O–H groups in total. The molecule has 8 unspecified atom stereocenters. The van der Waals surface area contributed by atoms with Crippen LogP contribution < -0.4 is 0 Å². The molecule has 5 aliphatic rings. The zero-order chi connectivity index (χ0) is 15.5.